The summed E-state index contributed by atoms with van der Waals surface area (Å²) in [6.45, 7) is 0.915. The molecule has 10 heteroatoms. The standard InChI is InChI=1S/C28H22F5NO4/c1-15(35)34-21-10-17(9-18(11-21)27(36)37)22-3-2-4-23(22)24-12-19(28(31,32)33)6-8-26(24)38-14-16-5-7-20(29)13-25(16)30/h5-13H,2-4,14H2,1H3,(H,34,35)(H,36,37). The summed E-state index contributed by atoms with van der Waals surface area (Å²) in [4.78, 5) is 23.3. The molecular formula is C28H22F5NO4. The first-order chi connectivity index (χ1) is 17.9. The van der Waals surface area contributed by atoms with Gasteiger partial charge in [-0.2, -0.15) is 13.2 Å². The number of anilines is 1. The van der Waals surface area contributed by atoms with Gasteiger partial charge >= 0.3 is 12.1 Å². The lowest BCUT2D eigenvalue weighted by molar-refractivity contribution is -0.137. The van der Waals surface area contributed by atoms with Crippen LogP contribution in [0.5, 0.6) is 5.75 Å². The predicted octanol–water partition coefficient (Wildman–Crippen LogP) is 7.31. The van der Waals surface area contributed by atoms with Crippen molar-refractivity contribution < 1.29 is 41.4 Å². The van der Waals surface area contributed by atoms with Crippen LogP contribution in [0.3, 0.4) is 0 Å². The van der Waals surface area contributed by atoms with Crippen molar-refractivity contribution in [2.24, 2.45) is 0 Å². The van der Waals surface area contributed by atoms with Gasteiger partial charge in [0.2, 0.25) is 5.91 Å². The molecule has 1 aliphatic carbocycles. The number of carboxylic acid groups (broad SMARTS) is 1. The Balaban J connectivity index is 1.83. The zero-order chi connectivity index (χ0) is 27.6. The molecule has 0 saturated carbocycles. The Labute approximate surface area is 214 Å². The van der Waals surface area contributed by atoms with E-state index in [1.807, 2.05) is 0 Å². The van der Waals surface area contributed by atoms with Crippen LogP contribution in [0, 0.1) is 11.6 Å². The quantitative estimate of drug-likeness (QED) is 0.314. The molecule has 38 heavy (non-hydrogen) atoms. The number of alkyl halides is 3. The molecule has 2 N–H and O–H groups in total. The van der Waals surface area contributed by atoms with E-state index in [0.717, 1.165) is 24.3 Å². The van der Waals surface area contributed by atoms with Crippen LogP contribution in [0.4, 0.5) is 27.6 Å². The molecular weight excluding hydrogens is 509 g/mol. The van der Waals surface area contributed by atoms with E-state index in [1.165, 1.54) is 25.1 Å². The van der Waals surface area contributed by atoms with Crippen molar-refractivity contribution in [2.75, 3.05) is 5.32 Å². The topological polar surface area (TPSA) is 75.6 Å². The fraction of sp³-hybridized carbons (Fsp3) is 0.214. The van der Waals surface area contributed by atoms with E-state index in [-0.39, 0.29) is 34.7 Å². The Bertz CT molecular complexity index is 1450. The third kappa shape index (κ3) is 6.01. The van der Waals surface area contributed by atoms with Crippen molar-refractivity contribution in [1.82, 2.24) is 0 Å². The molecule has 1 amide bonds. The molecule has 0 aliphatic heterocycles. The third-order valence-corrected chi connectivity index (χ3v) is 6.10. The molecule has 4 rings (SSSR count). The molecule has 0 bridgehead atoms. The Morgan fingerprint density at radius 1 is 0.974 bits per heavy atom. The summed E-state index contributed by atoms with van der Waals surface area (Å²) >= 11 is 0. The Kier molecular flexibility index (Phi) is 7.52. The number of nitrogens with one attached hydrogen (secondary N) is 1. The number of ether oxygens (including phenoxy) is 1. The van der Waals surface area contributed by atoms with Gasteiger partial charge in [0.15, 0.2) is 0 Å². The number of hydrogen-bond acceptors (Lipinski definition) is 3. The monoisotopic (exact) mass is 531 g/mol. The largest absolute Gasteiger partial charge is 0.488 e. The molecule has 0 saturated heterocycles. The first-order valence-corrected chi connectivity index (χ1v) is 11.6. The summed E-state index contributed by atoms with van der Waals surface area (Å²) in [5, 5.41) is 12.1. The van der Waals surface area contributed by atoms with E-state index in [0.29, 0.717) is 42.0 Å². The van der Waals surface area contributed by atoms with Crippen molar-refractivity contribution >= 4 is 28.7 Å². The molecule has 0 spiro atoms. The summed E-state index contributed by atoms with van der Waals surface area (Å²) < 4.78 is 74.0. The lowest BCUT2D eigenvalue weighted by Gasteiger charge is -2.18. The van der Waals surface area contributed by atoms with Crippen LogP contribution in [0.15, 0.2) is 54.6 Å². The van der Waals surface area contributed by atoms with Gasteiger partial charge in [0.1, 0.15) is 24.0 Å². The summed E-state index contributed by atoms with van der Waals surface area (Å²) in [6, 6.07) is 10.1. The minimum Gasteiger partial charge on any atom is -0.488 e. The Morgan fingerprint density at radius 2 is 1.71 bits per heavy atom. The van der Waals surface area contributed by atoms with E-state index in [9.17, 15) is 36.6 Å². The molecule has 5 nitrogen and oxygen atoms in total. The van der Waals surface area contributed by atoms with Crippen LogP contribution in [-0.2, 0) is 17.6 Å². The van der Waals surface area contributed by atoms with Crippen LogP contribution in [0.2, 0.25) is 0 Å². The number of hydrogen-bond donors (Lipinski definition) is 2. The SMILES string of the molecule is CC(=O)Nc1cc(C(=O)O)cc(C2=C(c3cc(C(F)(F)F)ccc3OCc3ccc(F)cc3F)CCC2)c1. The second kappa shape index (κ2) is 10.6. The van der Waals surface area contributed by atoms with Gasteiger partial charge in [0.05, 0.1) is 11.1 Å². The number of benzene rings is 3. The average Bonchev–Trinajstić information content (AvgIpc) is 3.32. The van der Waals surface area contributed by atoms with E-state index >= 15 is 0 Å². The van der Waals surface area contributed by atoms with Crippen molar-refractivity contribution in [3.8, 4) is 5.75 Å². The van der Waals surface area contributed by atoms with Gasteiger partial charge in [-0.15, -0.1) is 0 Å². The molecule has 3 aromatic carbocycles. The highest BCUT2D eigenvalue weighted by Crippen LogP contribution is 2.45. The molecule has 1 aliphatic rings. The van der Waals surface area contributed by atoms with Gasteiger partial charge in [0.25, 0.3) is 0 Å². The van der Waals surface area contributed by atoms with Gasteiger partial charge in [-0.05, 0) is 84.5 Å². The number of carbonyl (C=O) groups excluding carboxylic acids is 1. The molecule has 0 unspecified atom stereocenters. The number of amides is 1. The maximum absolute atomic E-state index is 14.1. The number of aromatic carboxylic acids is 1. The van der Waals surface area contributed by atoms with Gasteiger partial charge in [-0.1, -0.05) is 0 Å². The fourth-order valence-electron chi connectivity index (χ4n) is 4.42. The lowest BCUT2D eigenvalue weighted by Crippen LogP contribution is -2.08. The zero-order valence-electron chi connectivity index (χ0n) is 20.1. The second-order valence-electron chi connectivity index (χ2n) is 8.83. The summed E-state index contributed by atoms with van der Waals surface area (Å²) in [5.74, 6) is -3.21. The number of carboxylic acids is 1. The number of carbonyl (C=O) groups is 2. The highest BCUT2D eigenvalue weighted by atomic mass is 19.4. The van der Waals surface area contributed by atoms with Crippen molar-refractivity contribution in [3.05, 3.63) is 94.0 Å². The van der Waals surface area contributed by atoms with Crippen LogP contribution >= 0.6 is 0 Å². The molecule has 3 aromatic rings. The number of allylic oxidation sites excluding steroid dienone is 2. The first-order valence-electron chi connectivity index (χ1n) is 11.6. The Morgan fingerprint density at radius 3 is 2.37 bits per heavy atom. The summed E-state index contributed by atoms with van der Waals surface area (Å²) in [5.41, 5.74) is 0.942. The highest BCUT2D eigenvalue weighted by Gasteiger charge is 2.32. The third-order valence-electron chi connectivity index (χ3n) is 6.10. The van der Waals surface area contributed by atoms with E-state index in [1.54, 1.807) is 6.07 Å². The molecule has 0 radical (unpaired) electrons. The van der Waals surface area contributed by atoms with Gasteiger partial charge in [-0.25, -0.2) is 13.6 Å². The maximum atomic E-state index is 14.1. The summed E-state index contributed by atoms with van der Waals surface area (Å²) in [6.07, 6.45) is -3.23. The van der Waals surface area contributed by atoms with Gasteiger partial charge in [-0.3, -0.25) is 4.79 Å². The lowest BCUT2D eigenvalue weighted by atomic mass is 9.93. The summed E-state index contributed by atoms with van der Waals surface area (Å²) in [7, 11) is 0. The number of halogens is 5. The van der Waals surface area contributed by atoms with E-state index < -0.39 is 35.3 Å². The molecule has 0 heterocycles. The van der Waals surface area contributed by atoms with E-state index in [2.05, 4.69) is 5.32 Å². The average molecular weight is 531 g/mol. The van der Waals surface area contributed by atoms with Crippen LogP contribution < -0.4 is 10.1 Å². The molecule has 198 valence electrons. The zero-order valence-corrected chi connectivity index (χ0v) is 20.1. The smallest absolute Gasteiger partial charge is 0.416 e. The Hall–Kier alpha value is -4.21. The predicted molar refractivity (Wildman–Crippen MR) is 131 cm³/mol. The molecule has 0 atom stereocenters. The van der Waals surface area contributed by atoms with Gasteiger partial charge in [0, 0.05) is 29.8 Å². The van der Waals surface area contributed by atoms with Crippen molar-refractivity contribution in [2.45, 2.75) is 39.0 Å². The fourth-order valence-corrected chi connectivity index (χ4v) is 4.42. The second-order valence-corrected chi connectivity index (χ2v) is 8.83. The van der Waals surface area contributed by atoms with Crippen LogP contribution in [0.25, 0.3) is 11.1 Å². The van der Waals surface area contributed by atoms with Crippen molar-refractivity contribution in [1.29, 1.82) is 0 Å². The van der Waals surface area contributed by atoms with Crippen LogP contribution in [-0.4, -0.2) is 17.0 Å². The van der Waals surface area contributed by atoms with Crippen molar-refractivity contribution in [3.63, 3.8) is 0 Å². The van der Waals surface area contributed by atoms with Gasteiger partial charge < -0.3 is 15.2 Å². The number of rotatable bonds is 7. The minimum absolute atomic E-state index is 0.0204. The minimum atomic E-state index is -4.64. The highest BCUT2D eigenvalue weighted by molar-refractivity contribution is 5.99. The van der Waals surface area contributed by atoms with E-state index in [4.69, 9.17) is 4.74 Å². The molecule has 0 aromatic heterocycles. The normalized spacial score (nSPS) is 13.5. The first kappa shape index (κ1) is 26.8. The van der Waals surface area contributed by atoms with Crippen LogP contribution in [0.1, 0.15) is 58.8 Å². The maximum Gasteiger partial charge on any atom is 0.416 e. The molecule has 0 fully saturated rings.